The number of benzene rings is 2. The van der Waals surface area contributed by atoms with Gasteiger partial charge in [0.25, 0.3) is 5.91 Å². The minimum Gasteiger partial charge on any atom is -0.496 e. The van der Waals surface area contributed by atoms with E-state index < -0.39 is 0 Å². The zero-order valence-electron chi connectivity index (χ0n) is 17.9. The molecule has 2 aromatic carbocycles. The number of nitrogens with zero attached hydrogens (tertiary/aromatic N) is 1. The summed E-state index contributed by atoms with van der Waals surface area (Å²) in [6.07, 6.45) is -0.199. The summed E-state index contributed by atoms with van der Waals surface area (Å²) in [7, 11) is 1.71. The van der Waals surface area contributed by atoms with E-state index in [1.165, 1.54) is 11.3 Å². The molecule has 0 spiro atoms. The van der Waals surface area contributed by atoms with Crippen LogP contribution in [0.25, 0.3) is 10.1 Å². The number of aryl methyl sites for hydroxylation is 1. The molecule has 1 atom stereocenters. The average Bonchev–Trinajstić information content (AvgIpc) is 3.17. The number of aliphatic hydroxyl groups excluding tert-OH is 1. The van der Waals surface area contributed by atoms with Crippen molar-refractivity contribution in [1.82, 2.24) is 10.2 Å². The number of aliphatic hydroxyl groups is 1. The predicted molar refractivity (Wildman–Crippen MR) is 123 cm³/mol. The van der Waals surface area contributed by atoms with Crippen LogP contribution >= 0.6 is 11.3 Å². The van der Waals surface area contributed by atoms with Gasteiger partial charge in [0.15, 0.2) is 0 Å². The number of hydrogen-bond acceptors (Lipinski definition) is 6. The number of para-hydroxylation sites is 1. The molecule has 0 unspecified atom stereocenters. The highest BCUT2D eigenvalue weighted by molar-refractivity contribution is 7.21. The van der Waals surface area contributed by atoms with E-state index >= 15 is 0 Å². The number of carbonyl (C=O) groups excluding carboxylic acids is 1. The van der Waals surface area contributed by atoms with Gasteiger partial charge in [-0.05, 0) is 23.9 Å². The Kier molecular flexibility index (Phi) is 6.87. The largest absolute Gasteiger partial charge is 0.496 e. The highest BCUT2D eigenvalue weighted by Gasteiger charge is 2.30. The van der Waals surface area contributed by atoms with Crippen LogP contribution in [0.4, 0.5) is 0 Å². The first kappa shape index (κ1) is 21.8. The summed E-state index contributed by atoms with van der Waals surface area (Å²) in [5, 5.41) is 13.0. The molecular formula is C24H28N2O4S. The van der Waals surface area contributed by atoms with Crippen molar-refractivity contribution in [2.24, 2.45) is 0 Å². The monoisotopic (exact) mass is 440 g/mol. The van der Waals surface area contributed by atoms with Gasteiger partial charge >= 0.3 is 0 Å². The van der Waals surface area contributed by atoms with Gasteiger partial charge in [-0.15, -0.1) is 11.3 Å². The molecule has 6 nitrogen and oxygen atoms in total. The molecule has 1 aliphatic heterocycles. The van der Waals surface area contributed by atoms with Gasteiger partial charge in [0, 0.05) is 42.0 Å². The standard InChI is InChI=1S/C24H28N2O4S/c1-16-6-5-7-17(22(16)29-2)14-26-11-13-30-19(15-26)21-18-8-3-4-9-20(18)31-23(21)24(28)25-10-12-27/h3-9,19,27H,10-15H2,1-2H3,(H,25,28)/t19-/m1/s1. The third kappa shape index (κ3) is 4.60. The average molecular weight is 441 g/mol. The first-order valence-electron chi connectivity index (χ1n) is 10.5. The number of methoxy groups -OCH3 is 1. The summed E-state index contributed by atoms with van der Waals surface area (Å²) >= 11 is 1.48. The van der Waals surface area contributed by atoms with Gasteiger partial charge in [-0.3, -0.25) is 9.69 Å². The second-order valence-corrected chi connectivity index (χ2v) is 8.73. The molecule has 31 heavy (non-hydrogen) atoms. The molecular weight excluding hydrogens is 412 g/mol. The molecule has 164 valence electrons. The third-order valence-corrected chi connectivity index (χ3v) is 6.79. The van der Waals surface area contributed by atoms with Gasteiger partial charge in [0.1, 0.15) is 5.75 Å². The maximum Gasteiger partial charge on any atom is 0.261 e. The Morgan fingerprint density at radius 3 is 2.94 bits per heavy atom. The maximum absolute atomic E-state index is 12.8. The molecule has 0 bridgehead atoms. The van der Waals surface area contributed by atoms with Crippen molar-refractivity contribution in [1.29, 1.82) is 0 Å². The molecule has 0 radical (unpaired) electrons. The number of amides is 1. The van der Waals surface area contributed by atoms with Crippen molar-refractivity contribution in [2.45, 2.75) is 19.6 Å². The Hall–Kier alpha value is -2.45. The predicted octanol–water partition coefficient (Wildman–Crippen LogP) is 3.51. The topological polar surface area (TPSA) is 71.0 Å². The first-order valence-corrected chi connectivity index (χ1v) is 11.3. The molecule has 1 amide bonds. The van der Waals surface area contributed by atoms with Crippen LogP contribution in [-0.4, -0.2) is 55.9 Å². The summed E-state index contributed by atoms with van der Waals surface area (Å²) in [6, 6.07) is 14.3. The lowest BCUT2D eigenvalue weighted by Crippen LogP contribution is -2.38. The van der Waals surface area contributed by atoms with Gasteiger partial charge in [0.05, 0.1) is 31.3 Å². The Morgan fingerprint density at radius 1 is 1.29 bits per heavy atom. The van der Waals surface area contributed by atoms with Crippen molar-refractivity contribution in [3.8, 4) is 5.75 Å². The summed E-state index contributed by atoms with van der Waals surface area (Å²) in [4.78, 5) is 15.8. The van der Waals surface area contributed by atoms with E-state index in [1.54, 1.807) is 7.11 Å². The number of thiophene rings is 1. The fourth-order valence-corrected chi connectivity index (χ4v) is 5.37. The highest BCUT2D eigenvalue weighted by Crippen LogP contribution is 2.38. The quantitative estimate of drug-likeness (QED) is 0.588. The zero-order valence-corrected chi connectivity index (χ0v) is 18.7. The van der Waals surface area contributed by atoms with E-state index in [2.05, 4.69) is 41.4 Å². The smallest absolute Gasteiger partial charge is 0.261 e. The van der Waals surface area contributed by atoms with Gasteiger partial charge in [-0.1, -0.05) is 36.4 Å². The van der Waals surface area contributed by atoms with Crippen LogP contribution < -0.4 is 10.1 Å². The lowest BCUT2D eigenvalue weighted by atomic mass is 10.0. The van der Waals surface area contributed by atoms with Gasteiger partial charge < -0.3 is 19.9 Å². The Labute approximate surface area is 186 Å². The van der Waals surface area contributed by atoms with E-state index in [-0.39, 0.29) is 25.2 Å². The van der Waals surface area contributed by atoms with Gasteiger partial charge in [-0.2, -0.15) is 0 Å². The normalized spacial score (nSPS) is 17.1. The van der Waals surface area contributed by atoms with E-state index in [4.69, 9.17) is 14.6 Å². The molecule has 1 saturated heterocycles. The summed E-state index contributed by atoms with van der Waals surface area (Å²) < 4.78 is 12.9. The number of morpholine rings is 1. The van der Waals surface area contributed by atoms with E-state index in [0.29, 0.717) is 18.0 Å². The molecule has 2 N–H and O–H groups in total. The van der Waals surface area contributed by atoms with Crippen LogP contribution in [-0.2, 0) is 11.3 Å². The van der Waals surface area contributed by atoms with Crippen LogP contribution in [0.5, 0.6) is 5.75 Å². The molecule has 3 aromatic rings. The molecule has 0 aliphatic carbocycles. The zero-order chi connectivity index (χ0) is 21.8. The van der Waals surface area contributed by atoms with Crippen molar-refractivity contribution in [2.75, 3.05) is 40.0 Å². The van der Waals surface area contributed by atoms with Crippen molar-refractivity contribution >= 4 is 27.3 Å². The number of rotatable bonds is 7. The number of fused-ring (bicyclic) bond motifs is 1. The fraction of sp³-hybridized carbons (Fsp3) is 0.375. The highest BCUT2D eigenvalue weighted by atomic mass is 32.1. The second kappa shape index (κ2) is 9.78. The van der Waals surface area contributed by atoms with E-state index in [1.807, 2.05) is 18.2 Å². The van der Waals surface area contributed by atoms with Crippen molar-refractivity contribution in [3.05, 3.63) is 64.0 Å². The van der Waals surface area contributed by atoms with Gasteiger partial charge in [0.2, 0.25) is 0 Å². The second-order valence-electron chi connectivity index (χ2n) is 7.68. The molecule has 0 saturated carbocycles. The molecule has 7 heteroatoms. The van der Waals surface area contributed by atoms with Crippen LogP contribution in [0, 0.1) is 6.92 Å². The van der Waals surface area contributed by atoms with E-state index in [0.717, 1.165) is 45.6 Å². The Morgan fingerprint density at radius 2 is 2.13 bits per heavy atom. The van der Waals surface area contributed by atoms with Crippen molar-refractivity contribution < 1.29 is 19.4 Å². The molecule has 4 rings (SSSR count). The number of nitrogens with one attached hydrogen (secondary N) is 1. The minimum absolute atomic E-state index is 0.0853. The van der Waals surface area contributed by atoms with Crippen LogP contribution in [0.2, 0.25) is 0 Å². The van der Waals surface area contributed by atoms with Crippen LogP contribution in [0.1, 0.15) is 32.5 Å². The minimum atomic E-state index is -0.199. The maximum atomic E-state index is 12.8. The first-order chi connectivity index (χ1) is 15.1. The third-order valence-electron chi connectivity index (χ3n) is 5.60. The summed E-state index contributed by atoms with van der Waals surface area (Å²) in [5.74, 6) is 0.766. The molecule has 1 fully saturated rings. The van der Waals surface area contributed by atoms with Crippen LogP contribution in [0.15, 0.2) is 42.5 Å². The summed E-state index contributed by atoms with van der Waals surface area (Å²) in [5.41, 5.74) is 3.22. The fourth-order valence-electron chi connectivity index (χ4n) is 4.19. The van der Waals surface area contributed by atoms with Crippen LogP contribution in [0.3, 0.4) is 0 Å². The molecule has 2 heterocycles. The SMILES string of the molecule is COc1c(C)cccc1CN1CCO[C@@H](c2c(C(=O)NCCO)sc3ccccc23)C1. The number of hydrogen-bond donors (Lipinski definition) is 2. The van der Waals surface area contributed by atoms with Gasteiger partial charge in [-0.25, -0.2) is 0 Å². The Bertz CT molecular complexity index is 1060. The lowest BCUT2D eigenvalue weighted by Gasteiger charge is -2.33. The molecule has 1 aliphatic rings. The molecule has 1 aromatic heterocycles. The summed E-state index contributed by atoms with van der Waals surface area (Å²) in [6.45, 7) is 5.08. The van der Waals surface area contributed by atoms with Crippen molar-refractivity contribution in [3.63, 3.8) is 0 Å². The lowest BCUT2D eigenvalue weighted by molar-refractivity contribution is -0.0324. The Balaban J connectivity index is 1.62. The van der Waals surface area contributed by atoms with E-state index in [9.17, 15) is 4.79 Å². The number of ether oxygens (including phenoxy) is 2. The number of carbonyl (C=O) groups is 1.